The Balaban J connectivity index is 1.93. The Bertz CT molecular complexity index is 710. The van der Waals surface area contributed by atoms with Gasteiger partial charge in [-0.3, -0.25) is 15.1 Å². The van der Waals surface area contributed by atoms with E-state index in [9.17, 15) is 4.79 Å². The molecule has 1 heterocycles. The lowest BCUT2D eigenvalue weighted by molar-refractivity contribution is -0.111. The second-order valence-electron chi connectivity index (χ2n) is 5.99. The Morgan fingerprint density at radius 3 is 2.24 bits per heavy atom. The van der Waals surface area contributed by atoms with Crippen LogP contribution in [0.4, 0.5) is 5.69 Å². The van der Waals surface area contributed by atoms with Crippen molar-refractivity contribution in [1.82, 2.24) is 4.90 Å². The van der Waals surface area contributed by atoms with Crippen molar-refractivity contribution in [3.8, 4) is 0 Å². The van der Waals surface area contributed by atoms with Gasteiger partial charge in [0.1, 0.15) is 5.71 Å². The van der Waals surface area contributed by atoms with Gasteiger partial charge in [0.05, 0.1) is 24.9 Å². The zero-order valence-corrected chi connectivity index (χ0v) is 14.4. The van der Waals surface area contributed by atoms with Crippen LogP contribution in [-0.2, 0) is 9.53 Å². The molecule has 1 aliphatic rings. The molecule has 2 aromatic carbocycles. The summed E-state index contributed by atoms with van der Waals surface area (Å²) in [6, 6.07) is 19.5. The maximum atomic E-state index is 12.4. The van der Waals surface area contributed by atoms with Crippen molar-refractivity contribution in [2.75, 3.05) is 31.7 Å². The predicted octanol–water partition coefficient (Wildman–Crippen LogP) is 3.12. The predicted molar refractivity (Wildman–Crippen MR) is 99.8 cm³/mol. The minimum atomic E-state index is -0.182. The molecule has 3 rings (SSSR count). The second-order valence-corrected chi connectivity index (χ2v) is 5.99. The van der Waals surface area contributed by atoms with Crippen LogP contribution in [0.3, 0.4) is 0 Å². The number of benzene rings is 2. The average Bonchev–Trinajstić information content (AvgIpc) is 2.67. The summed E-state index contributed by atoms with van der Waals surface area (Å²) in [7, 11) is 0. The molecule has 0 saturated carbocycles. The van der Waals surface area contributed by atoms with Crippen LogP contribution < -0.4 is 5.43 Å². The molecule has 1 N–H and O–H groups in total. The van der Waals surface area contributed by atoms with E-state index < -0.39 is 0 Å². The molecule has 0 amide bonds. The van der Waals surface area contributed by atoms with Crippen LogP contribution >= 0.6 is 0 Å². The molecule has 0 unspecified atom stereocenters. The van der Waals surface area contributed by atoms with Crippen molar-refractivity contribution < 1.29 is 9.53 Å². The van der Waals surface area contributed by atoms with Gasteiger partial charge in [-0.2, -0.15) is 5.10 Å². The zero-order chi connectivity index (χ0) is 17.5. The minimum absolute atomic E-state index is 0.0382. The second kappa shape index (κ2) is 8.55. The number of rotatable bonds is 6. The maximum absolute atomic E-state index is 12.4. The van der Waals surface area contributed by atoms with Crippen LogP contribution in [-0.4, -0.2) is 42.7 Å². The smallest absolute Gasteiger partial charge is 0.177 e. The molecule has 5 nitrogen and oxygen atoms in total. The topological polar surface area (TPSA) is 53.9 Å². The summed E-state index contributed by atoms with van der Waals surface area (Å²) in [4.78, 5) is 14.6. The highest BCUT2D eigenvalue weighted by Crippen LogP contribution is 2.24. The molecule has 5 heteroatoms. The first kappa shape index (κ1) is 17.3. The number of Topliss-reactive ketones (excluding diaryl/α,β-unsaturated/α-hetero) is 1. The highest BCUT2D eigenvalue weighted by atomic mass is 16.5. The van der Waals surface area contributed by atoms with Crippen LogP contribution in [0.2, 0.25) is 0 Å². The van der Waals surface area contributed by atoms with Gasteiger partial charge in [0, 0.05) is 20.0 Å². The van der Waals surface area contributed by atoms with E-state index in [1.54, 1.807) is 6.92 Å². The van der Waals surface area contributed by atoms with Gasteiger partial charge in [-0.1, -0.05) is 48.5 Å². The van der Waals surface area contributed by atoms with Gasteiger partial charge in [0.15, 0.2) is 5.78 Å². The number of ether oxygens (including phenoxy) is 1. The summed E-state index contributed by atoms with van der Waals surface area (Å²) in [5.41, 5.74) is 5.46. The Hall–Kier alpha value is -2.50. The molecule has 130 valence electrons. The summed E-state index contributed by atoms with van der Waals surface area (Å²) >= 11 is 0. The van der Waals surface area contributed by atoms with E-state index in [-0.39, 0.29) is 11.8 Å². The highest BCUT2D eigenvalue weighted by Gasteiger charge is 2.29. The van der Waals surface area contributed by atoms with E-state index in [0.29, 0.717) is 18.9 Å². The lowest BCUT2D eigenvalue weighted by Gasteiger charge is -2.34. The standard InChI is InChI=1S/C20H23N3O2/c1-16(24)19(22-21-18-10-6-3-7-11-18)20(17-8-4-2-5-9-17)23-12-14-25-15-13-23/h2-11,20-21H,12-15H2,1H3/b22-19+/t20-/m0/s1. The van der Waals surface area contributed by atoms with E-state index in [2.05, 4.69) is 15.4 Å². The molecule has 0 aromatic heterocycles. The van der Waals surface area contributed by atoms with Gasteiger partial charge in [-0.15, -0.1) is 0 Å². The number of nitrogens with zero attached hydrogens (tertiary/aromatic N) is 2. The van der Waals surface area contributed by atoms with Crippen molar-refractivity contribution >= 4 is 17.2 Å². The van der Waals surface area contributed by atoms with E-state index in [4.69, 9.17) is 4.74 Å². The molecular weight excluding hydrogens is 314 g/mol. The summed E-state index contributed by atoms with van der Waals surface area (Å²) in [6.45, 7) is 4.46. The van der Waals surface area contributed by atoms with E-state index in [0.717, 1.165) is 24.3 Å². The van der Waals surface area contributed by atoms with Gasteiger partial charge in [-0.05, 0) is 17.7 Å². The summed E-state index contributed by atoms with van der Waals surface area (Å²) in [5.74, 6) is -0.0382. The molecule has 0 bridgehead atoms. The fourth-order valence-corrected chi connectivity index (χ4v) is 2.98. The van der Waals surface area contributed by atoms with E-state index in [1.807, 2.05) is 60.7 Å². The molecule has 1 aliphatic heterocycles. The molecule has 0 spiro atoms. The molecule has 0 aliphatic carbocycles. The van der Waals surface area contributed by atoms with Gasteiger partial charge >= 0.3 is 0 Å². The largest absolute Gasteiger partial charge is 0.379 e. The fourth-order valence-electron chi connectivity index (χ4n) is 2.98. The number of carbonyl (C=O) groups is 1. The molecular formula is C20H23N3O2. The van der Waals surface area contributed by atoms with Crippen molar-refractivity contribution in [3.63, 3.8) is 0 Å². The number of morpholine rings is 1. The minimum Gasteiger partial charge on any atom is -0.379 e. The molecule has 1 fully saturated rings. The third-order valence-electron chi connectivity index (χ3n) is 4.23. The van der Waals surface area contributed by atoms with Gasteiger partial charge < -0.3 is 4.74 Å². The maximum Gasteiger partial charge on any atom is 0.177 e. The quantitative estimate of drug-likeness (QED) is 0.650. The number of nitrogens with one attached hydrogen (secondary N) is 1. The first-order valence-corrected chi connectivity index (χ1v) is 8.52. The number of hydrogen-bond donors (Lipinski definition) is 1. The van der Waals surface area contributed by atoms with Crippen LogP contribution in [0.25, 0.3) is 0 Å². The lowest BCUT2D eigenvalue weighted by Crippen LogP contribution is -2.44. The van der Waals surface area contributed by atoms with E-state index >= 15 is 0 Å². The third kappa shape index (κ3) is 4.53. The van der Waals surface area contributed by atoms with Crippen molar-refractivity contribution in [2.45, 2.75) is 13.0 Å². The van der Waals surface area contributed by atoms with Crippen molar-refractivity contribution in [2.24, 2.45) is 5.10 Å². The number of carbonyl (C=O) groups excluding carboxylic acids is 1. The number of para-hydroxylation sites is 1. The molecule has 0 radical (unpaired) electrons. The van der Waals surface area contributed by atoms with Gasteiger partial charge in [0.2, 0.25) is 0 Å². The zero-order valence-electron chi connectivity index (χ0n) is 14.4. The summed E-state index contributed by atoms with van der Waals surface area (Å²) in [6.07, 6.45) is 0. The Kier molecular flexibility index (Phi) is 5.93. The molecule has 25 heavy (non-hydrogen) atoms. The lowest BCUT2D eigenvalue weighted by atomic mass is 9.97. The monoisotopic (exact) mass is 337 g/mol. The highest BCUT2D eigenvalue weighted by molar-refractivity contribution is 6.41. The molecule has 1 saturated heterocycles. The molecule has 2 aromatic rings. The van der Waals surface area contributed by atoms with Crippen molar-refractivity contribution in [1.29, 1.82) is 0 Å². The average molecular weight is 337 g/mol. The van der Waals surface area contributed by atoms with E-state index in [1.165, 1.54) is 0 Å². The van der Waals surface area contributed by atoms with Gasteiger partial charge in [0.25, 0.3) is 0 Å². The Morgan fingerprint density at radius 2 is 1.64 bits per heavy atom. The number of hydrogen-bond acceptors (Lipinski definition) is 5. The molecule has 1 atom stereocenters. The number of ketones is 1. The number of hydrazone groups is 1. The van der Waals surface area contributed by atoms with Gasteiger partial charge in [-0.25, -0.2) is 0 Å². The Labute approximate surface area is 148 Å². The first-order valence-electron chi connectivity index (χ1n) is 8.52. The number of anilines is 1. The first-order chi connectivity index (χ1) is 12.3. The van der Waals surface area contributed by atoms with Crippen LogP contribution in [0.1, 0.15) is 18.5 Å². The normalized spacial score (nSPS) is 17.1. The summed E-state index contributed by atoms with van der Waals surface area (Å²) in [5, 5.41) is 4.48. The van der Waals surface area contributed by atoms with Crippen LogP contribution in [0.15, 0.2) is 65.8 Å². The third-order valence-corrected chi connectivity index (χ3v) is 4.23. The summed E-state index contributed by atoms with van der Waals surface area (Å²) < 4.78 is 5.47. The fraction of sp³-hybridized carbons (Fsp3) is 0.300. The van der Waals surface area contributed by atoms with Crippen LogP contribution in [0, 0.1) is 0 Å². The van der Waals surface area contributed by atoms with Crippen molar-refractivity contribution in [3.05, 3.63) is 66.2 Å². The Morgan fingerprint density at radius 1 is 1.04 bits per heavy atom. The van der Waals surface area contributed by atoms with Crippen LogP contribution in [0.5, 0.6) is 0 Å². The SMILES string of the molecule is CC(=O)/C(=N\Nc1ccccc1)[C@H](c1ccccc1)N1CCOCC1.